The van der Waals surface area contributed by atoms with Crippen molar-refractivity contribution < 1.29 is 4.74 Å². The SMILES string of the molecule is COc1cccc(Nc2ccnc3cc(Br)ccc23)c1. The monoisotopic (exact) mass is 328 g/mol. The number of hydrogen-bond donors (Lipinski definition) is 1. The molecule has 0 atom stereocenters. The maximum absolute atomic E-state index is 5.24. The Hall–Kier alpha value is -2.07. The molecule has 0 radical (unpaired) electrons. The van der Waals surface area contributed by atoms with E-state index in [0.29, 0.717) is 0 Å². The zero-order valence-electron chi connectivity index (χ0n) is 10.9. The third-order valence-electron chi connectivity index (χ3n) is 3.05. The zero-order chi connectivity index (χ0) is 13.9. The largest absolute Gasteiger partial charge is 0.497 e. The van der Waals surface area contributed by atoms with Gasteiger partial charge in [-0.3, -0.25) is 4.98 Å². The van der Waals surface area contributed by atoms with E-state index in [2.05, 4.69) is 32.3 Å². The Bertz CT molecular complexity index is 758. The summed E-state index contributed by atoms with van der Waals surface area (Å²) in [5.41, 5.74) is 2.96. The summed E-state index contributed by atoms with van der Waals surface area (Å²) in [6.45, 7) is 0. The van der Waals surface area contributed by atoms with E-state index >= 15 is 0 Å². The first kappa shape index (κ1) is 12.9. The van der Waals surface area contributed by atoms with E-state index < -0.39 is 0 Å². The molecule has 0 amide bonds. The fraction of sp³-hybridized carbons (Fsp3) is 0.0625. The van der Waals surface area contributed by atoms with Crippen LogP contribution in [0, 0.1) is 0 Å². The number of nitrogens with one attached hydrogen (secondary N) is 1. The molecule has 0 fully saturated rings. The van der Waals surface area contributed by atoms with Crippen molar-refractivity contribution in [2.45, 2.75) is 0 Å². The Morgan fingerprint density at radius 1 is 1.10 bits per heavy atom. The Balaban J connectivity index is 2.02. The van der Waals surface area contributed by atoms with Crippen LogP contribution in [0.1, 0.15) is 0 Å². The van der Waals surface area contributed by atoms with Crippen LogP contribution in [-0.4, -0.2) is 12.1 Å². The fourth-order valence-corrected chi connectivity index (χ4v) is 2.44. The predicted octanol–water partition coefficient (Wildman–Crippen LogP) is 4.75. The van der Waals surface area contributed by atoms with Crippen molar-refractivity contribution in [1.82, 2.24) is 4.98 Å². The molecular formula is C16H13BrN2O. The molecule has 0 aliphatic rings. The average molecular weight is 329 g/mol. The van der Waals surface area contributed by atoms with Gasteiger partial charge in [0.1, 0.15) is 5.75 Å². The maximum Gasteiger partial charge on any atom is 0.120 e. The number of benzene rings is 2. The van der Waals surface area contributed by atoms with E-state index in [1.54, 1.807) is 13.3 Å². The number of methoxy groups -OCH3 is 1. The van der Waals surface area contributed by atoms with Gasteiger partial charge in [-0.2, -0.15) is 0 Å². The molecule has 0 unspecified atom stereocenters. The fourth-order valence-electron chi connectivity index (χ4n) is 2.09. The minimum atomic E-state index is 0.830. The first-order chi connectivity index (χ1) is 9.76. The lowest BCUT2D eigenvalue weighted by atomic mass is 10.2. The highest BCUT2D eigenvalue weighted by Crippen LogP contribution is 2.28. The Kier molecular flexibility index (Phi) is 3.56. The molecule has 100 valence electrons. The summed E-state index contributed by atoms with van der Waals surface area (Å²) in [6, 6.07) is 15.9. The Morgan fingerprint density at radius 2 is 2.00 bits per heavy atom. The Labute approximate surface area is 125 Å². The van der Waals surface area contributed by atoms with Crippen LogP contribution in [0.15, 0.2) is 59.2 Å². The lowest BCUT2D eigenvalue weighted by Gasteiger charge is -2.10. The van der Waals surface area contributed by atoms with Gasteiger partial charge in [-0.25, -0.2) is 0 Å². The molecule has 3 rings (SSSR count). The van der Waals surface area contributed by atoms with Crippen molar-refractivity contribution >= 4 is 38.2 Å². The van der Waals surface area contributed by atoms with Gasteiger partial charge in [0.05, 0.1) is 12.6 Å². The van der Waals surface area contributed by atoms with Crippen molar-refractivity contribution in [3.8, 4) is 5.75 Å². The van der Waals surface area contributed by atoms with E-state index in [9.17, 15) is 0 Å². The van der Waals surface area contributed by atoms with Crippen molar-refractivity contribution in [2.24, 2.45) is 0 Å². The van der Waals surface area contributed by atoms with E-state index in [-0.39, 0.29) is 0 Å². The first-order valence-corrected chi connectivity index (χ1v) is 7.01. The van der Waals surface area contributed by atoms with Crippen molar-refractivity contribution in [1.29, 1.82) is 0 Å². The van der Waals surface area contributed by atoms with E-state index in [4.69, 9.17) is 4.74 Å². The summed E-state index contributed by atoms with van der Waals surface area (Å²) in [4.78, 5) is 4.38. The van der Waals surface area contributed by atoms with Crippen LogP contribution < -0.4 is 10.1 Å². The normalized spacial score (nSPS) is 10.5. The van der Waals surface area contributed by atoms with Crippen LogP contribution >= 0.6 is 15.9 Å². The van der Waals surface area contributed by atoms with Gasteiger partial charge in [-0.15, -0.1) is 0 Å². The molecule has 4 heteroatoms. The molecule has 0 saturated carbocycles. The topological polar surface area (TPSA) is 34.1 Å². The highest BCUT2D eigenvalue weighted by Gasteiger charge is 2.03. The second-order valence-corrected chi connectivity index (χ2v) is 5.29. The van der Waals surface area contributed by atoms with Gasteiger partial charge in [0.15, 0.2) is 0 Å². The van der Waals surface area contributed by atoms with Gasteiger partial charge in [0.2, 0.25) is 0 Å². The number of halogens is 1. The van der Waals surface area contributed by atoms with Crippen LogP contribution in [-0.2, 0) is 0 Å². The number of aromatic nitrogens is 1. The summed E-state index contributed by atoms with van der Waals surface area (Å²) in [5.74, 6) is 0.830. The van der Waals surface area contributed by atoms with Crippen LogP contribution in [0.25, 0.3) is 10.9 Å². The molecule has 1 N–H and O–H groups in total. The van der Waals surface area contributed by atoms with E-state index in [1.165, 1.54) is 0 Å². The molecule has 3 aromatic rings. The van der Waals surface area contributed by atoms with Crippen LogP contribution in [0.4, 0.5) is 11.4 Å². The van der Waals surface area contributed by atoms with Crippen LogP contribution in [0.5, 0.6) is 5.75 Å². The smallest absolute Gasteiger partial charge is 0.120 e. The number of hydrogen-bond acceptors (Lipinski definition) is 3. The number of ether oxygens (including phenoxy) is 1. The molecule has 0 spiro atoms. The highest BCUT2D eigenvalue weighted by atomic mass is 79.9. The molecule has 1 heterocycles. The summed E-state index contributed by atoms with van der Waals surface area (Å²) >= 11 is 3.47. The molecular weight excluding hydrogens is 316 g/mol. The lowest BCUT2D eigenvalue weighted by Crippen LogP contribution is -1.93. The molecule has 2 aromatic carbocycles. The average Bonchev–Trinajstić information content (AvgIpc) is 2.47. The van der Waals surface area contributed by atoms with E-state index in [0.717, 1.165) is 32.5 Å². The second-order valence-electron chi connectivity index (χ2n) is 4.38. The minimum Gasteiger partial charge on any atom is -0.497 e. The molecule has 0 bridgehead atoms. The van der Waals surface area contributed by atoms with Gasteiger partial charge in [-0.1, -0.05) is 22.0 Å². The second kappa shape index (κ2) is 5.51. The predicted molar refractivity (Wildman–Crippen MR) is 85.7 cm³/mol. The molecule has 0 aliphatic heterocycles. The van der Waals surface area contributed by atoms with Crippen molar-refractivity contribution in [3.63, 3.8) is 0 Å². The number of fused-ring (bicyclic) bond motifs is 1. The molecule has 3 nitrogen and oxygen atoms in total. The molecule has 20 heavy (non-hydrogen) atoms. The van der Waals surface area contributed by atoms with Gasteiger partial charge < -0.3 is 10.1 Å². The number of nitrogens with zero attached hydrogens (tertiary/aromatic N) is 1. The number of rotatable bonds is 3. The summed E-state index contributed by atoms with van der Waals surface area (Å²) in [6.07, 6.45) is 1.80. The van der Waals surface area contributed by atoms with Crippen molar-refractivity contribution in [3.05, 3.63) is 59.2 Å². The van der Waals surface area contributed by atoms with E-state index in [1.807, 2.05) is 42.5 Å². The standard InChI is InChI=1S/C16H13BrN2O/c1-20-13-4-2-3-12(10-13)19-15-7-8-18-16-9-11(17)5-6-14(15)16/h2-10H,1H3,(H,18,19). The van der Waals surface area contributed by atoms with Crippen LogP contribution in [0.3, 0.4) is 0 Å². The summed E-state index contributed by atoms with van der Waals surface area (Å²) in [5, 5.41) is 4.49. The number of anilines is 2. The van der Waals surface area contributed by atoms with Crippen molar-refractivity contribution in [2.75, 3.05) is 12.4 Å². The number of pyridine rings is 1. The van der Waals surface area contributed by atoms with Gasteiger partial charge >= 0.3 is 0 Å². The highest BCUT2D eigenvalue weighted by molar-refractivity contribution is 9.10. The van der Waals surface area contributed by atoms with Gasteiger partial charge in [0, 0.05) is 33.5 Å². The molecule has 0 saturated heterocycles. The molecule has 0 aliphatic carbocycles. The lowest BCUT2D eigenvalue weighted by molar-refractivity contribution is 0.415. The maximum atomic E-state index is 5.24. The summed E-state index contributed by atoms with van der Waals surface area (Å²) in [7, 11) is 1.67. The van der Waals surface area contributed by atoms with Gasteiger partial charge in [0.25, 0.3) is 0 Å². The van der Waals surface area contributed by atoms with Gasteiger partial charge in [-0.05, 0) is 36.4 Å². The molecule has 1 aromatic heterocycles. The Morgan fingerprint density at radius 3 is 2.85 bits per heavy atom. The quantitative estimate of drug-likeness (QED) is 0.753. The van der Waals surface area contributed by atoms with Crippen LogP contribution in [0.2, 0.25) is 0 Å². The minimum absolute atomic E-state index is 0.830. The first-order valence-electron chi connectivity index (χ1n) is 6.21. The zero-order valence-corrected chi connectivity index (χ0v) is 12.5. The third-order valence-corrected chi connectivity index (χ3v) is 3.55. The summed E-state index contributed by atoms with van der Waals surface area (Å²) < 4.78 is 6.26. The third kappa shape index (κ3) is 2.60.